The third-order valence-electron chi connectivity index (χ3n) is 3.95. The quantitative estimate of drug-likeness (QED) is 0.538. The van der Waals surface area contributed by atoms with Crippen molar-refractivity contribution >= 4 is 27.6 Å². The second-order valence-electron chi connectivity index (χ2n) is 5.71. The molecule has 0 bridgehead atoms. The van der Waals surface area contributed by atoms with Crippen LogP contribution in [0.25, 0.3) is 0 Å². The van der Waals surface area contributed by atoms with Gasteiger partial charge in [-0.1, -0.05) is 21.2 Å². The molecule has 0 radical (unpaired) electrons. The molecule has 1 aliphatic rings. The summed E-state index contributed by atoms with van der Waals surface area (Å²) in [5, 5.41) is 9.31. The van der Waals surface area contributed by atoms with Crippen molar-refractivity contribution in [3.8, 4) is 0 Å². The molecule has 1 heterocycles. The summed E-state index contributed by atoms with van der Waals surface area (Å²) in [7, 11) is 0. The van der Waals surface area contributed by atoms with Crippen molar-refractivity contribution in [3.63, 3.8) is 0 Å². The monoisotopic (exact) mass is 418 g/mol. The van der Waals surface area contributed by atoms with Crippen LogP contribution in [0.4, 0.5) is 14.5 Å². The van der Waals surface area contributed by atoms with Crippen molar-refractivity contribution in [1.29, 1.82) is 0 Å². The van der Waals surface area contributed by atoms with Gasteiger partial charge in [-0.15, -0.1) is 5.11 Å². The van der Waals surface area contributed by atoms with Gasteiger partial charge in [0, 0.05) is 29.0 Å². The van der Waals surface area contributed by atoms with E-state index >= 15 is 0 Å². The minimum absolute atomic E-state index is 0.00265. The molecule has 2 rings (SSSR count). The molecule has 0 aromatic heterocycles. The standard InChI is InChI=1S/C16H21BrF2N4O2/c1-2-25-13(24)7-10(9-20)14-11(17)8-12(18)16(15(14)19)21-22-23-5-3-4-6-23/h8,10H,2-7,9,20H2,1H3. The molecule has 1 fully saturated rings. The van der Waals surface area contributed by atoms with E-state index in [0.717, 1.165) is 18.9 Å². The lowest BCUT2D eigenvalue weighted by Gasteiger charge is -2.18. The van der Waals surface area contributed by atoms with E-state index in [9.17, 15) is 13.6 Å². The lowest BCUT2D eigenvalue weighted by molar-refractivity contribution is -0.143. The number of carbonyl (C=O) groups is 1. The van der Waals surface area contributed by atoms with E-state index in [1.54, 1.807) is 11.9 Å². The summed E-state index contributed by atoms with van der Waals surface area (Å²) in [6, 6.07) is 1.12. The highest BCUT2D eigenvalue weighted by molar-refractivity contribution is 9.10. The molecule has 1 unspecified atom stereocenters. The second kappa shape index (κ2) is 9.19. The minimum Gasteiger partial charge on any atom is -0.466 e. The maximum Gasteiger partial charge on any atom is 0.306 e. The Bertz CT molecular complexity index is 652. The number of hydrogen-bond donors (Lipinski definition) is 1. The predicted octanol–water partition coefficient (Wildman–Crippen LogP) is 3.82. The number of ether oxygens (including phenoxy) is 1. The van der Waals surface area contributed by atoms with Crippen molar-refractivity contribution in [2.75, 3.05) is 26.2 Å². The fourth-order valence-electron chi connectivity index (χ4n) is 2.68. The van der Waals surface area contributed by atoms with Gasteiger partial charge in [-0.3, -0.25) is 9.80 Å². The van der Waals surface area contributed by atoms with Crippen LogP contribution in [0.3, 0.4) is 0 Å². The minimum atomic E-state index is -0.866. The molecule has 25 heavy (non-hydrogen) atoms. The number of esters is 1. The first-order valence-electron chi connectivity index (χ1n) is 8.17. The summed E-state index contributed by atoms with van der Waals surface area (Å²) in [6.07, 6.45) is 1.85. The molecule has 9 heteroatoms. The maximum absolute atomic E-state index is 14.9. The summed E-state index contributed by atoms with van der Waals surface area (Å²) in [6.45, 7) is 3.33. The van der Waals surface area contributed by atoms with E-state index in [4.69, 9.17) is 10.5 Å². The fraction of sp³-hybridized carbons (Fsp3) is 0.562. The fourth-order valence-corrected chi connectivity index (χ4v) is 3.38. The summed E-state index contributed by atoms with van der Waals surface area (Å²) in [5.41, 5.74) is 5.32. The molecule has 0 saturated carbocycles. The zero-order valence-corrected chi connectivity index (χ0v) is 15.6. The summed E-state index contributed by atoms with van der Waals surface area (Å²) in [5.74, 6) is -2.85. The van der Waals surface area contributed by atoms with Crippen LogP contribution in [0.1, 0.15) is 37.7 Å². The van der Waals surface area contributed by atoms with Crippen molar-refractivity contribution in [2.24, 2.45) is 16.1 Å². The van der Waals surface area contributed by atoms with Gasteiger partial charge in [0.15, 0.2) is 17.3 Å². The van der Waals surface area contributed by atoms with Crippen LogP contribution in [0.5, 0.6) is 0 Å². The maximum atomic E-state index is 14.9. The van der Waals surface area contributed by atoms with Crippen LogP contribution in [0, 0.1) is 11.6 Å². The Kier molecular flexibility index (Phi) is 7.24. The summed E-state index contributed by atoms with van der Waals surface area (Å²) < 4.78 is 34.1. The van der Waals surface area contributed by atoms with Gasteiger partial charge < -0.3 is 10.5 Å². The van der Waals surface area contributed by atoms with E-state index in [2.05, 4.69) is 26.3 Å². The average molecular weight is 419 g/mol. The van der Waals surface area contributed by atoms with Gasteiger partial charge in [-0.2, -0.15) is 0 Å². The van der Waals surface area contributed by atoms with E-state index < -0.39 is 29.2 Å². The first-order valence-corrected chi connectivity index (χ1v) is 8.96. The molecular weight excluding hydrogens is 398 g/mol. The lowest BCUT2D eigenvalue weighted by Crippen LogP contribution is -2.20. The highest BCUT2D eigenvalue weighted by atomic mass is 79.9. The molecule has 1 aromatic carbocycles. The predicted molar refractivity (Wildman–Crippen MR) is 92.4 cm³/mol. The molecule has 138 valence electrons. The highest BCUT2D eigenvalue weighted by Crippen LogP contribution is 2.37. The normalized spacial score (nSPS) is 15.8. The SMILES string of the molecule is CCOC(=O)CC(CN)c1c(Br)cc(F)c(N=NN2CCCC2)c1F. The largest absolute Gasteiger partial charge is 0.466 e. The number of hydrogen-bond acceptors (Lipinski definition) is 5. The topological polar surface area (TPSA) is 80.3 Å². The van der Waals surface area contributed by atoms with Crippen LogP contribution in [0.15, 0.2) is 20.9 Å². The first kappa shape index (κ1) is 19.7. The molecule has 1 aliphatic heterocycles. The Morgan fingerprint density at radius 2 is 2.12 bits per heavy atom. The van der Waals surface area contributed by atoms with Gasteiger partial charge in [-0.25, -0.2) is 8.78 Å². The van der Waals surface area contributed by atoms with Crippen molar-refractivity contribution in [2.45, 2.75) is 32.1 Å². The van der Waals surface area contributed by atoms with Crippen molar-refractivity contribution in [1.82, 2.24) is 5.01 Å². The molecule has 6 nitrogen and oxygen atoms in total. The van der Waals surface area contributed by atoms with Crippen LogP contribution in [0.2, 0.25) is 0 Å². The van der Waals surface area contributed by atoms with Crippen LogP contribution in [-0.4, -0.2) is 37.2 Å². The Labute approximate surface area is 153 Å². The highest BCUT2D eigenvalue weighted by Gasteiger charge is 2.26. The van der Waals surface area contributed by atoms with Crippen LogP contribution in [-0.2, 0) is 9.53 Å². The summed E-state index contributed by atoms with van der Waals surface area (Å²) in [4.78, 5) is 11.7. The molecule has 0 spiro atoms. The van der Waals surface area contributed by atoms with Crippen LogP contribution >= 0.6 is 15.9 Å². The molecule has 2 N–H and O–H groups in total. The van der Waals surface area contributed by atoms with Gasteiger partial charge in [0.05, 0.1) is 13.0 Å². The molecule has 1 atom stereocenters. The Morgan fingerprint density at radius 1 is 1.44 bits per heavy atom. The molecule has 1 aromatic rings. The number of nitrogens with zero attached hydrogens (tertiary/aromatic N) is 3. The van der Waals surface area contributed by atoms with Gasteiger partial charge in [0.1, 0.15) is 0 Å². The lowest BCUT2D eigenvalue weighted by atomic mass is 9.94. The van der Waals surface area contributed by atoms with Gasteiger partial charge in [-0.05, 0) is 32.4 Å². The zero-order valence-electron chi connectivity index (χ0n) is 14.0. The van der Waals surface area contributed by atoms with E-state index in [-0.39, 0.29) is 29.6 Å². The number of nitrogens with two attached hydrogens (primary N) is 1. The third-order valence-corrected chi connectivity index (χ3v) is 4.60. The second-order valence-corrected chi connectivity index (χ2v) is 6.56. The zero-order chi connectivity index (χ0) is 18.4. The van der Waals surface area contributed by atoms with E-state index in [0.29, 0.717) is 13.1 Å². The number of rotatable bonds is 7. The smallest absolute Gasteiger partial charge is 0.306 e. The average Bonchev–Trinajstić information content (AvgIpc) is 3.07. The number of benzene rings is 1. The molecular formula is C16H21BrF2N4O2. The van der Waals surface area contributed by atoms with Gasteiger partial charge in [0.2, 0.25) is 0 Å². The Morgan fingerprint density at radius 3 is 2.72 bits per heavy atom. The molecule has 0 amide bonds. The van der Waals surface area contributed by atoms with Gasteiger partial charge >= 0.3 is 5.97 Å². The van der Waals surface area contributed by atoms with Crippen molar-refractivity contribution < 1.29 is 18.3 Å². The Balaban J connectivity index is 2.33. The van der Waals surface area contributed by atoms with Gasteiger partial charge in [0.25, 0.3) is 0 Å². The van der Waals surface area contributed by atoms with Crippen molar-refractivity contribution in [3.05, 3.63) is 27.7 Å². The Hall–Kier alpha value is -1.61. The molecule has 0 aliphatic carbocycles. The third kappa shape index (κ3) is 4.94. The number of carbonyl (C=O) groups excluding carboxylic acids is 1. The van der Waals surface area contributed by atoms with E-state index in [1.807, 2.05) is 0 Å². The van der Waals surface area contributed by atoms with Crippen LogP contribution < -0.4 is 5.73 Å². The summed E-state index contributed by atoms with van der Waals surface area (Å²) >= 11 is 3.15. The molecule has 1 saturated heterocycles. The van der Waals surface area contributed by atoms with E-state index in [1.165, 1.54) is 0 Å². The first-order chi connectivity index (χ1) is 12.0. The number of halogens is 3.